The van der Waals surface area contributed by atoms with Crippen molar-refractivity contribution in [3.05, 3.63) is 98.8 Å². The molecule has 3 aromatic carbocycles. The molecule has 4 rings (SSSR count). The van der Waals surface area contributed by atoms with Crippen LogP contribution in [-0.4, -0.2) is 42.9 Å². The summed E-state index contributed by atoms with van der Waals surface area (Å²) in [5, 5.41) is 4.99. The molecule has 2 N–H and O–H groups in total. The molecule has 0 aliphatic carbocycles. The summed E-state index contributed by atoms with van der Waals surface area (Å²) in [7, 11) is 4.90. The average molecular weight is 546 g/mol. The summed E-state index contributed by atoms with van der Waals surface area (Å²) < 4.78 is 16.1. The molecule has 0 atom stereocenters. The molecule has 0 radical (unpaired) electrons. The van der Waals surface area contributed by atoms with Crippen molar-refractivity contribution < 1.29 is 14.2 Å². The Morgan fingerprint density at radius 3 is 2.28 bits per heavy atom. The maximum Gasteiger partial charge on any atom is 0.253 e. The second-order valence-corrected chi connectivity index (χ2v) is 9.93. The molecule has 0 saturated carbocycles. The van der Waals surface area contributed by atoms with E-state index in [2.05, 4.69) is 23.3 Å². The number of nitrogens with zero attached hydrogens (tertiary/aromatic N) is 1. The Bertz CT molecular complexity index is 1520. The number of thiocarbonyl (C=S) groups is 1. The second kappa shape index (κ2) is 12.7. The molecular weight excluding hydrogens is 510 g/mol. The molecule has 0 spiro atoms. The van der Waals surface area contributed by atoms with Crippen molar-refractivity contribution in [3.8, 4) is 17.2 Å². The average Bonchev–Trinajstić information content (AvgIpc) is 2.93. The highest BCUT2D eigenvalue weighted by Gasteiger charge is 2.15. The Hall–Kier alpha value is -4.04. The molecule has 4 aromatic rings. The van der Waals surface area contributed by atoms with Crippen molar-refractivity contribution in [2.45, 2.75) is 33.4 Å². The van der Waals surface area contributed by atoms with Gasteiger partial charge in [-0.2, -0.15) is 0 Å². The summed E-state index contributed by atoms with van der Waals surface area (Å²) in [6, 6.07) is 19.9. The molecule has 0 unspecified atom stereocenters. The van der Waals surface area contributed by atoms with Gasteiger partial charge in [-0.15, -0.1) is 0 Å². The van der Waals surface area contributed by atoms with Crippen molar-refractivity contribution in [2.24, 2.45) is 0 Å². The number of aryl methyl sites for hydroxylation is 2. The van der Waals surface area contributed by atoms with Gasteiger partial charge in [0, 0.05) is 29.6 Å². The maximum atomic E-state index is 13.1. The fourth-order valence-corrected chi connectivity index (χ4v) is 4.88. The van der Waals surface area contributed by atoms with Crippen LogP contribution in [0.25, 0.3) is 10.9 Å². The fourth-order valence-electron chi connectivity index (χ4n) is 4.65. The number of H-pyrrole nitrogens is 1. The summed E-state index contributed by atoms with van der Waals surface area (Å²) in [4.78, 5) is 18.2. The Kier molecular flexibility index (Phi) is 9.09. The number of aromatic amines is 1. The molecule has 0 aliphatic rings. The highest BCUT2D eigenvalue weighted by Crippen LogP contribution is 2.27. The smallest absolute Gasteiger partial charge is 0.253 e. The van der Waals surface area contributed by atoms with Crippen molar-refractivity contribution in [3.63, 3.8) is 0 Å². The first-order chi connectivity index (χ1) is 18.8. The van der Waals surface area contributed by atoms with Crippen LogP contribution >= 0.6 is 12.2 Å². The maximum absolute atomic E-state index is 13.1. The van der Waals surface area contributed by atoms with Crippen molar-refractivity contribution in [2.75, 3.05) is 27.9 Å². The van der Waals surface area contributed by atoms with Crippen molar-refractivity contribution in [1.82, 2.24) is 15.2 Å². The molecule has 0 amide bonds. The molecule has 0 fully saturated rings. The summed E-state index contributed by atoms with van der Waals surface area (Å²) in [5.41, 5.74) is 5.79. The molecule has 0 saturated heterocycles. The zero-order chi connectivity index (χ0) is 27.9. The third kappa shape index (κ3) is 6.89. The molecule has 0 aliphatic heterocycles. The molecular formula is C31H35N3O4S. The Morgan fingerprint density at radius 2 is 1.59 bits per heavy atom. The number of ether oxygens (including phenoxy) is 3. The van der Waals surface area contributed by atoms with Gasteiger partial charge in [0.15, 0.2) is 16.6 Å². The van der Waals surface area contributed by atoms with Crippen LogP contribution in [0.2, 0.25) is 0 Å². The van der Waals surface area contributed by atoms with Gasteiger partial charge in [0.25, 0.3) is 5.56 Å². The van der Waals surface area contributed by atoms with Gasteiger partial charge in [-0.25, -0.2) is 0 Å². The highest BCUT2D eigenvalue weighted by atomic mass is 32.1. The number of rotatable bonds is 10. The van der Waals surface area contributed by atoms with E-state index in [-0.39, 0.29) is 5.56 Å². The molecule has 7 nitrogen and oxygen atoms in total. The fraction of sp³-hybridized carbons (Fsp3) is 0.290. The molecule has 8 heteroatoms. The van der Waals surface area contributed by atoms with Gasteiger partial charge in [-0.05, 0) is 91.1 Å². The van der Waals surface area contributed by atoms with Crippen molar-refractivity contribution >= 4 is 28.2 Å². The predicted octanol–water partition coefficient (Wildman–Crippen LogP) is 5.29. The first-order valence-corrected chi connectivity index (χ1v) is 13.2. The Morgan fingerprint density at radius 1 is 0.872 bits per heavy atom. The number of methoxy groups -OCH3 is 3. The number of pyridine rings is 1. The van der Waals surface area contributed by atoms with Gasteiger partial charge in [0.1, 0.15) is 5.75 Å². The largest absolute Gasteiger partial charge is 0.497 e. The van der Waals surface area contributed by atoms with E-state index in [1.807, 2.05) is 66.4 Å². The van der Waals surface area contributed by atoms with Gasteiger partial charge in [0.05, 0.1) is 27.9 Å². The number of hydrogen-bond acceptors (Lipinski definition) is 5. The van der Waals surface area contributed by atoms with E-state index >= 15 is 0 Å². The van der Waals surface area contributed by atoms with Crippen LogP contribution in [0.15, 0.2) is 65.5 Å². The lowest BCUT2D eigenvalue weighted by Gasteiger charge is -2.26. The lowest BCUT2D eigenvalue weighted by atomic mass is 10.0. The monoisotopic (exact) mass is 545 g/mol. The van der Waals surface area contributed by atoms with E-state index in [9.17, 15) is 4.79 Å². The zero-order valence-electron chi connectivity index (χ0n) is 23.1. The quantitative estimate of drug-likeness (QED) is 0.262. The van der Waals surface area contributed by atoms with E-state index in [1.54, 1.807) is 21.3 Å². The Labute approximate surface area is 234 Å². The molecule has 39 heavy (non-hydrogen) atoms. The standard InChI is InChI=1S/C31H35N3O4S/c1-20-14-21(2)26-17-24(30(35)33-27(26)15-20)19-34(18-23-6-9-25(36-3)10-7-23)31(39)32-13-12-22-8-11-28(37-4)29(16-22)38-5/h6-11,14-17H,12-13,18-19H2,1-5H3,(H,32,39)(H,33,35). The van der Waals surface area contributed by atoms with E-state index in [0.29, 0.717) is 41.8 Å². The first kappa shape index (κ1) is 28.0. The van der Waals surface area contributed by atoms with Crippen LogP contribution in [0, 0.1) is 13.8 Å². The summed E-state index contributed by atoms with van der Waals surface area (Å²) >= 11 is 5.84. The van der Waals surface area contributed by atoms with Gasteiger partial charge in [-0.3, -0.25) is 4.79 Å². The van der Waals surface area contributed by atoms with Crippen LogP contribution in [0.3, 0.4) is 0 Å². The SMILES string of the molecule is COc1ccc(CN(Cc2cc3c(C)cc(C)cc3[nH]c2=O)C(=S)NCCc2ccc(OC)c(OC)c2)cc1. The summed E-state index contributed by atoms with van der Waals surface area (Å²) in [6.45, 7) is 5.62. The minimum atomic E-state index is -0.111. The minimum Gasteiger partial charge on any atom is -0.497 e. The zero-order valence-corrected chi connectivity index (χ0v) is 23.9. The minimum absolute atomic E-state index is 0.111. The van der Waals surface area contributed by atoms with Gasteiger partial charge in [-0.1, -0.05) is 24.3 Å². The number of benzene rings is 3. The molecule has 1 heterocycles. The lowest BCUT2D eigenvalue weighted by Crippen LogP contribution is -2.40. The van der Waals surface area contributed by atoms with E-state index in [0.717, 1.165) is 45.3 Å². The second-order valence-electron chi connectivity index (χ2n) is 9.54. The Balaban J connectivity index is 1.54. The van der Waals surface area contributed by atoms with E-state index < -0.39 is 0 Å². The van der Waals surface area contributed by atoms with E-state index in [4.69, 9.17) is 26.4 Å². The number of fused-ring (bicyclic) bond motifs is 1. The lowest BCUT2D eigenvalue weighted by molar-refractivity contribution is 0.354. The molecule has 0 bridgehead atoms. The topological polar surface area (TPSA) is 75.8 Å². The van der Waals surface area contributed by atoms with Crippen LogP contribution < -0.4 is 25.1 Å². The van der Waals surface area contributed by atoms with Gasteiger partial charge in [0.2, 0.25) is 0 Å². The number of hydrogen-bond donors (Lipinski definition) is 2. The van der Waals surface area contributed by atoms with Crippen LogP contribution in [0.1, 0.15) is 27.8 Å². The predicted molar refractivity (Wildman–Crippen MR) is 160 cm³/mol. The van der Waals surface area contributed by atoms with Crippen LogP contribution in [-0.2, 0) is 19.5 Å². The number of aromatic nitrogens is 1. The van der Waals surface area contributed by atoms with Crippen LogP contribution in [0.4, 0.5) is 0 Å². The third-order valence-corrected chi connectivity index (χ3v) is 7.11. The number of nitrogens with one attached hydrogen (secondary N) is 2. The molecule has 1 aromatic heterocycles. The normalized spacial score (nSPS) is 10.8. The van der Waals surface area contributed by atoms with Gasteiger partial charge < -0.3 is 29.4 Å². The van der Waals surface area contributed by atoms with Gasteiger partial charge >= 0.3 is 0 Å². The van der Waals surface area contributed by atoms with Crippen LogP contribution in [0.5, 0.6) is 17.2 Å². The highest BCUT2D eigenvalue weighted by molar-refractivity contribution is 7.80. The first-order valence-electron chi connectivity index (χ1n) is 12.8. The summed E-state index contributed by atoms with van der Waals surface area (Å²) in [6.07, 6.45) is 0.742. The van der Waals surface area contributed by atoms with Crippen molar-refractivity contribution in [1.29, 1.82) is 0 Å². The molecule has 204 valence electrons. The summed E-state index contributed by atoms with van der Waals surface area (Å²) in [5.74, 6) is 2.18. The third-order valence-electron chi connectivity index (χ3n) is 6.71. The van der Waals surface area contributed by atoms with E-state index in [1.165, 1.54) is 0 Å².